The van der Waals surface area contributed by atoms with E-state index in [-0.39, 0.29) is 59.8 Å². The van der Waals surface area contributed by atoms with Crippen LogP contribution in [0.25, 0.3) is 0 Å². The predicted octanol–water partition coefficient (Wildman–Crippen LogP) is 6.90. The molecule has 0 aromatic heterocycles. The minimum atomic E-state index is -2.05. The molecule has 0 aliphatic carbocycles. The number of nitrogens with zero attached hydrogens (tertiary/aromatic N) is 2. The predicted molar refractivity (Wildman–Crippen MR) is 234 cm³/mol. The first-order valence-corrected chi connectivity index (χ1v) is 22.2. The number of amides is 3. The lowest BCUT2D eigenvalue weighted by molar-refractivity contribution is -0.0101. The van der Waals surface area contributed by atoms with Crippen LogP contribution in [0.3, 0.4) is 0 Å². The lowest BCUT2D eigenvalue weighted by Crippen LogP contribution is -2.54. The Morgan fingerprint density at radius 2 is 1.33 bits per heavy atom. The molecule has 0 saturated heterocycles. The van der Waals surface area contributed by atoms with Crippen LogP contribution in [0.2, 0.25) is 0 Å². The number of anilines is 1. The Kier molecular flexibility index (Phi) is 20.1. The first kappa shape index (κ1) is 50.3. The van der Waals surface area contributed by atoms with Crippen LogP contribution in [-0.4, -0.2) is 113 Å². The molecule has 0 bridgehead atoms. The molecular formula is C45H61F2N5O8S. The van der Waals surface area contributed by atoms with Gasteiger partial charge >= 0.3 is 11.9 Å². The van der Waals surface area contributed by atoms with E-state index in [0.29, 0.717) is 75.7 Å². The van der Waals surface area contributed by atoms with Gasteiger partial charge < -0.3 is 41.1 Å². The van der Waals surface area contributed by atoms with Crippen molar-refractivity contribution in [3.63, 3.8) is 0 Å². The van der Waals surface area contributed by atoms with E-state index < -0.39 is 58.3 Å². The molecule has 2 atom stereocenters. The number of nitrogens with two attached hydrogens (primary N) is 1. The molecule has 0 spiro atoms. The number of carbonyl (C=O) groups is 5. The monoisotopic (exact) mass is 869 g/mol. The lowest BCUT2D eigenvalue weighted by atomic mass is 9.96. The number of primary amides is 1. The van der Waals surface area contributed by atoms with Crippen LogP contribution in [0, 0.1) is 18.6 Å². The highest BCUT2D eigenvalue weighted by Gasteiger charge is 2.39. The Hall–Kier alpha value is -5.06. The summed E-state index contributed by atoms with van der Waals surface area (Å²) >= 11 is 1.53. The van der Waals surface area contributed by atoms with E-state index in [1.54, 1.807) is 22.8 Å². The van der Waals surface area contributed by atoms with Crippen molar-refractivity contribution in [3.05, 3.63) is 99.1 Å². The first-order chi connectivity index (χ1) is 29.0. The molecule has 3 rings (SSSR count). The molecule has 0 fully saturated rings. The van der Waals surface area contributed by atoms with Crippen molar-refractivity contribution in [2.24, 2.45) is 5.73 Å². The summed E-state index contributed by atoms with van der Waals surface area (Å²) in [5, 5.41) is 27.2. The number of carboxylic acid groups (broad SMARTS) is 1. The fourth-order valence-electron chi connectivity index (χ4n) is 7.06. The van der Waals surface area contributed by atoms with Gasteiger partial charge in [0.2, 0.25) is 0 Å². The molecule has 1 unspecified atom stereocenters. The molecule has 0 saturated carbocycles. The van der Waals surface area contributed by atoms with Gasteiger partial charge in [-0.15, -0.1) is 0 Å². The van der Waals surface area contributed by atoms with E-state index in [4.69, 9.17) is 10.5 Å². The molecule has 13 nitrogen and oxygen atoms in total. The highest BCUT2D eigenvalue weighted by Crippen LogP contribution is 2.32. The molecule has 334 valence electrons. The first-order valence-electron chi connectivity index (χ1n) is 20.8. The summed E-state index contributed by atoms with van der Waals surface area (Å²) in [6, 6.07) is 9.23. The third kappa shape index (κ3) is 14.5. The summed E-state index contributed by atoms with van der Waals surface area (Å²) in [6.07, 6.45) is 4.58. The molecule has 3 amide bonds. The minimum Gasteiger partial charge on any atom is -0.478 e. The number of ether oxygens (including phenoxy) is 1. The van der Waals surface area contributed by atoms with Gasteiger partial charge in [0.25, 0.3) is 17.7 Å². The average molecular weight is 870 g/mol. The smallest absolute Gasteiger partial charge is 0.340 e. The Morgan fingerprint density at radius 3 is 1.82 bits per heavy atom. The van der Waals surface area contributed by atoms with Gasteiger partial charge in [0.05, 0.1) is 35.5 Å². The number of rotatable bonds is 26. The second-order valence-corrected chi connectivity index (χ2v) is 16.1. The summed E-state index contributed by atoms with van der Waals surface area (Å²) in [5.74, 6) is -5.50. The molecule has 6 N–H and O–H groups in total. The maximum absolute atomic E-state index is 14.5. The van der Waals surface area contributed by atoms with Crippen molar-refractivity contribution in [3.8, 4) is 0 Å². The number of hydrogen-bond acceptors (Lipinski definition) is 10. The molecule has 0 radical (unpaired) electrons. The molecule has 3 aromatic carbocycles. The molecule has 3 aromatic rings. The largest absolute Gasteiger partial charge is 0.478 e. The van der Waals surface area contributed by atoms with Crippen LogP contribution in [0.5, 0.6) is 0 Å². The van der Waals surface area contributed by atoms with Crippen LogP contribution < -0.4 is 16.4 Å². The number of thioether (sulfide) groups is 1. The van der Waals surface area contributed by atoms with E-state index >= 15 is 0 Å². The zero-order chi connectivity index (χ0) is 45.3. The van der Waals surface area contributed by atoms with Crippen LogP contribution >= 0.6 is 11.8 Å². The van der Waals surface area contributed by atoms with Gasteiger partial charge in [-0.3, -0.25) is 14.4 Å². The van der Waals surface area contributed by atoms with E-state index in [0.717, 1.165) is 18.2 Å². The van der Waals surface area contributed by atoms with Gasteiger partial charge in [-0.1, -0.05) is 27.7 Å². The SMILES string of the molecule is CCCN(CCC)C(=O)c1cc(C)cc(C(=O)O[C@](CCc2cc(F)cc(F)c2)(CNC(CO)CCSC)Nc2c(C(N)=O)cc(C(=O)N(CCC)CCC)cc2C(=O)O)c1. The maximum atomic E-state index is 14.5. The van der Waals surface area contributed by atoms with Crippen LogP contribution in [-0.2, 0) is 11.2 Å². The number of carboxylic acids is 1. The standard InChI is InChI=1S/C45H61F2N5O8S/c1-7-14-51(15-8-2)41(55)31-19-29(5)20-33(23-31)44(59)60-45(28-49-36(27-53)12-18-61-6,13-11-30-21-34(46)26-35(47)22-30)50-39-37(40(48)54)24-32(25-38(39)43(57)58)42(56)52(16-9-3)17-10-4/h19-26,36,49-50,53H,7-18,27-28H2,1-6H3,(H2,48,54)(H,57,58)/t36?,45-/m1/s1. The number of esters is 1. The van der Waals surface area contributed by atoms with Crippen molar-refractivity contribution >= 4 is 47.1 Å². The number of aryl methyl sites for hydroxylation is 2. The summed E-state index contributed by atoms with van der Waals surface area (Å²) < 4.78 is 35.4. The van der Waals surface area contributed by atoms with Gasteiger partial charge in [-0.2, -0.15) is 11.8 Å². The molecular weight excluding hydrogens is 809 g/mol. The molecule has 16 heteroatoms. The van der Waals surface area contributed by atoms with Crippen molar-refractivity contribution in [1.82, 2.24) is 15.1 Å². The van der Waals surface area contributed by atoms with E-state index in [1.165, 1.54) is 30.0 Å². The van der Waals surface area contributed by atoms with Gasteiger partial charge in [0, 0.05) is 55.8 Å². The summed E-state index contributed by atoms with van der Waals surface area (Å²) in [5.41, 5.74) is 3.38. The molecule has 0 heterocycles. The minimum absolute atomic E-state index is 0.0261. The highest BCUT2D eigenvalue weighted by atomic mass is 32.2. The normalized spacial score (nSPS) is 12.6. The fraction of sp³-hybridized carbons (Fsp3) is 0.489. The second kappa shape index (κ2) is 24.4. The number of halogens is 2. The Labute approximate surface area is 361 Å². The van der Waals surface area contributed by atoms with Gasteiger partial charge in [-0.05, 0) is 111 Å². The summed E-state index contributed by atoms with van der Waals surface area (Å²) in [6.45, 7) is 10.4. The molecule has 0 aliphatic heterocycles. The average Bonchev–Trinajstić information content (AvgIpc) is 3.21. The zero-order valence-electron chi connectivity index (χ0n) is 36.1. The van der Waals surface area contributed by atoms with E-state index in [2.05, 4.69) is 10.6 Å². The number of nitrogens with one attached hydrogen (secondary N) is 2. The number of carbonyl (C=O) groups excluding carboxylic acids is 4. The molecule has 0 aliphatic rings. The van der Waals surface area contributed by atoms with Crippen molar-refractivity contribution < 1.29 is 47.7 Å². The van der Waals surface area contributed by atoms with Gasteiger partial charge in [0.1, 0.15) is 11.6 Å². The van der Waals surface area contributed by atoms with Crippen LogP contribution in [0.1, 0.15) is 129 Å². The summed E-state index contributed by atoms with van der Waals surface area (Å²) in [4.78, 5) is 71.6. The van der Waals surface area contributed by atoms with Crippen LogP contribution in [0.4, 0.5) is 14.5 Å². The Bertz CT molecular complexity index is 1930. The molecule has 61 heavy (non-hydrogen) atoms. The second-order valence-electron chi connectivity index (χ2n) is 15.1. The number of benzene rings is 3. The topological polar surface area (TPSA) is 192 Å². The number of hydrogen-bond donors (Lipinski definition) is 5. The highest BCUT2D eigenvalue weighted by molar-refractivity contribution is 7.98. The van der Waals surface area contributed by atoms with Gasteiger partial charge in [0.15, 0.2) is 5.72 Å². The van der Waals surface area contributed by atoms with Crippen molar-refractivity contribution in [2.75, 3.05) is 56.7 Å². The third-order valence-electron chi connectivity index (χ3n) is 9.94. The Balaban J connectivity index is 2.34. The third-order valence-corrected chi connectivity index (χ3v) is 10.6. The van der Waals surface area contributed by atoms with Gasteiger partial charge in [-0.25, -0.2) is 18.4 Å². The summed E-state index contributed by atoms with van der Waals surface area (Å²) in [7, 11) is 0. The van der Waals surface area contributed by atoms with Crippen LogP contribution in [0.15, 0.2) is 48.5 Å². The lowest BCUT2D eigenvalue weighted by Gasteiger charge is -2.38. The maximum Gasteiger partial charge on any atom is 0.340 e. The van der Waals surface area contributed by atoms with Crippen molar-refractivity contribution in [2.45, 2.75) is 91.3 Å². The number of aromatic carboxylic acids is 1. The van der Waals surface area contributed by atoms with E-state index in [1.807, 2.05) is 34.0 Å². The number of aliphatic hydroxyl groups is 1. The zero-order valence-corrected chi connectivity index (χ0v) is 36.9. The van der Waals surface area contributed by atoms with E-state index in [9.17, 15) is 43.0 Å². The quantitative estimate of drug-likeness (QED) is 0.0417. The fourth-order valence-corrected chi connectivity index (χ4v) is 7.58. The number of aliphatic hydroxyl groups excluding tert-OH is 1. The Morgan fingerprint density at radius 1 is 0.803 bits per heavy atom. The van der Waals surface area contributed by atoms with Crippen molar-refractivity contribution in [1.29, 1.82) is 0 Å².